The molecule has 0 aliphatic heterocycles. The fourth-order valence-corrected chi connectivity index (χ4v) is 4.86. The third-order valence-electron chi connectivity index (χ3n) is 6.34. The molecule has 7 nitrogen and oxygen atoms in total. The maximum atomic E-state index is 15.0. The number of ether oxygens (including phenoxy) is 2. The number of carbonyl (C=O) groups excluding carboxylic acids is 1. The van der Waals surface area contributed by atoms with Gasteiger partial charge in [0, 0.05) is 35.9 Å². The summed E-state index contributed by atoms with van der Waals surface area (Å²) in [5, 5.41) is 24.5. The predicted octanol–water partition coefficient (Wildman–Crippen LogP) is 4.23. The fourth-order valence-electron chi connectivity index (χ4n) is 4.40. The van der Waals surface area contributed by atoms with E-state index in [9.17, 15) is 28.2 Å². The fraction of sp³-hybridized carbons (Fsp3) is 0.458. The summed E-state index contributed by atoms with van der Waals surface area (Å²) in [5.74, 6) is -3.68. The molecule has 3 rings (SSSR count). The van der Waals surface area contributed by atoms with Crippen molar-refractivity contribution in [3.05, 3.63) is 45.3 Å². The number of anilines is 3. The molecule has 0 amide bonds. The molecule has 2 atom stereocenters. The van der Waals surface area contributed by atoms with E-state index in [4.69, 9.17) is 9.47 Å². The quantitative estimate of drug-likeness (QED) is 0.200. The van der Waals surface area contributed by atoms with Crippen LogP contribution in [0.4, 0.5) is 30.2 Å². The van der Waals surface area contributed by atoms with Gasteiger partial charge in [-0.05, 0) is 65.5 Å². The Morgan fingerprint density at radius 3 is 2.31 bits per heavy atom. The largest absolute Gasteiger partial charge is 0.494 e. The molecule has 0 saturated heterocycles. The molecule has 1 fully saturated rings. The maximum Gasteiger partial charge on any atom is 0.184 e. The number of aliphatic hydroxyl groups is 2. The van der Waals surface area contributed by atoms with Gasteiger partial charge in [-0.3, -0.25) is 0 Å². The average Bonchev–Trinajstić information content (AvgIpc) is 3.62. The normalized spacial score (nSPS) is 16.0. The van der Waals surface area contributed by atoms with Crippen LogP contribution in [0.3, 0.4) is 0 Å². The van der Waals surface area contributed by atoms with Crippen molar-refractivity contribution < 1.29 is 37.7 Å². The zero-order valence-electron chi connectivity index (χ0n) is 19.3. The smallest absolute Gasteiger partial charge is 0.184 e. The molecule has 1 saturated carbocycles. The van der Waals surface area contributed by atoms with Crippen molar-refractivity contribution >= 4 is 45.9 Å². The molecule has 2 aromatic rings. The molecule has 2 unspecified atom stereocenters. The summed E-state index contributed by atoms with van der Waals surface area (Å²) >= 11 is 1.92. The van der Waals surface area contributed by atoms with E-state index in [0.29, 0.717) is 29.1 Å². The van der Waals surface area contributed by atoms with Gasteiger partial charge in [0.05, 0.1) is 18.9 Å². The summed E-state index contributed by atoms with van der Waals surface area (Å²) in [6.45, 7) is -0.443. The van der Waals surface area contributed by atoms with E-state index in [1.54, 1.807) is 6.07 Å². The number of halogens is 4. The molecule has 11 heteroatoms. The average molecular weight is 608 g/mol. The van der Waals surface area contributed by atoms with Crippen molar-refractivity contribution in [2.75, 3.05) is 38.1 Å². The van der Waals surface area contributed by atoms with Gasteiger partial charge in [-0.1, -0.05) is 0 Å². The third-order valence-corrected chi connectivity index (χ3v) is 7.01. The third kappa shape index (κ3) is 6.01. The lowest BCUT2D eigenvalue weighted by Gasteiger charge is -2.33. The van der Waals surface area contributed by atoms with Gasteiger partial charge in [0.15, 0.2) is 11.6 Å². The van der Waals surface area contributed by atoms with Crippen LogP contribution in [-0.2, 0) is 9.53 Å². The molecule has 35 heavy (non-hydrogen) atoms. The Labute approximate surface area is 215 Å². The van der Waals surface area contributed by atoms with Crippen LogP contribution in [0.2, 0.25) is 0 Å². The first-order valence-corrected chi connectivity index (χ1v) is 12.1. The second-order valence-corrected chi connectivity index (χ2v) is 9.88. The molecule has 0 bridgehead atoms. The van der Waals surface area contributed by atoms with E-state index >= 15 is 0 Å². The maximum absolute atomic E-state index is 15.0. The highest BCUT2D eigenvalue weighted by molar-refractivity contribution is 14.1. The molecule has 0 heterocycles. The highest BCUT2D eigenvalue weighted by Gasteiger charge is 2.53. The van der Waals surface area contributed by atoms with Gasteiger partial charge in [0.25, 0.3) is 0 Å². The molecule has 0 radical (unpaired) electrons. The van der Waals surface area contributed by atoms with Gasteiger partial charge in [-0.2, -0.15) is 0 Å². The van der Waals surface area contributed by atoms with Crippen LogP contribution >= 0.6 is 22.6 Å². The van der Waals surface area contributed by atoms with Crippen molar-refractivity contribution in [3.63, 3.8) is 0 Å². The molecule has 0 aromatic heterocycles. The Balaban J connectivity index is 2.01. The van der Waals surface area contributed by atoms with Gasteiger partial charge in [0.2, 0.25) is 0 Å². The zero-order chi connectivity index (χ0) is 25.8. The number of carbonyl (C=O) groups is 1. The number of nitrogens with one attached hydrogen (secondary N) is 2. The molecular formula is C24H28F3IN2O5. The first kappa shape index (κ1) is 27.5. The summed E-state index contributed by atoms with van der Waals surface area (Å²) < 4.78 is 55.4. The van der Waals surface area contributed by atoms with Gasteiger partial charge in [-0.25, -0.2) is 13.2 Å². The van der Waals surface area contributed by atoms with Crippen LogP contribution in [0.15, 0.2) is 24.3 Å². The van der Waals surface area contributed by atoms with Crippen LogP contribution in [0, 0.1) is 32.4 Å². The summed E-state index contributed by atoms with van der Waals surface area (Å²) in [7, 11) is 2.69. The number of methoxy groups -OCH3 is 2. The lowest BCUT2D eigenvalue weighted by atomic mass is 9.84. The number of aliphatic hydroxyl groups excluding tert-OH is 2. The Hall–Kier alpha value is -2.09. The Morgan fingerprint density at radius 2 is 1.80 bits per heavy atom. The predicted molar refractivity (Wildman–Crippen MR) is 134 cm³/mol. The summed E-state index contributed by atoms with van der Waals surface area (Å²) in [4.78, 5) is 12.2. The van der Waals surface area contributed by atoms with Crippen molar-refractivity contribution in [3.8, 4) is 5.75 Å². The standard InChI is InChI=1S/C24H28F3IN2O5/c1-34-19-8-16(26)20(27)22(29-17-4-3-14(28)7-15(17)25)21(19)30-18(12-33)23(35-2)24(5-6-24)9-13(10-31)11-32/h3-4,7-8,12-13,18,23,29-32H,5-6,9-11H2,1-2H3. The van der Waals surface area contributed by atoms with E-state index in [0.717, 1.165) is 6.07 Å². The SMILES string of the molecule is COc1cc(F)c(F)c(Nc2ccc(I)cc2F)c1NC(C=O)C(OC)C1(CC(CO)CO)CC1. The number of benzene rings is 2. The molecular weight excluding hydrogens is 580 g/mol. The van der Waals surface area contributed by atoms with Gasteiger partial charge in [0.1, 0.15) is 35.3 Å². The number of rotatable bonds is 13. The minimum atomic E-state index is -1.29. The van der Waals surface area contributed by atoms with E-state index < -0.39 is 40.7 Å². The van der Waals surface area contributed by atoms with Crippen LogP contribution < -0.4 is 15.4 Å². The highest BCUT2D eigenvalue weighted by Crippen LogP contribution is 2.55. The van der Waals surface area contributed by atoms with E-state index in [1.165, 1.54) is 26.4 Å². The lowest BCUT2D eigenvalue weighted by Crippen LogP contribution is -2.44. The molecule has 2 aromatic carbocycles. The first-order valence-electron chi connectivity index (χ1n) is 11.0. The monoisotopic (exact) mass is 608 g/mol. The second-order valence-electron chi connectivity index (χ2n) is 8.63. The van der Waals surface area contributed by atoms with Crippen molar-refractivity contribution in [2.24, 2.45) is 11.3 Å². The van der Waals surface area contributed by atoms with E-state index in [2.05, 4.69) is 10.6 Å². The van der Waals surface area contributed by atoms with Gasteiger partial charge < -0.3 is 35.1 Å². The van der Waals surface area contributed by atoms with E-state index in [-0.39, 0.29) is 36.3 Å². The van der Waals surface area contributed by atoms with Gasteiger partial charge in [-0.15, -0.1) is 0 Å². The zero-order valence-corrected chi connectivity index (χ0v) is 21.4. The van der Waals surface area contributed by atoms with Crippen LogP contribution in [0.5, 0.6) is 5.75 Å². The number of hydrogen-bond donors (Lipinski definition) is 4. The Kier molecular flexibility index (Phi) is 9.24. The van der Waals surface area contributed by atoms with Gasteiger partial charge >= 0.3 is 0 Å². The van der Waals surface area contributed by atoms with Crippen molar-refractivity contribution in [1.29, 1.82) is 0 Å². The van der Waals surface area contributed by atoms with Crippen molar-refractivity contribution in [2.45, 2.75) is 31.4 Å². The summed E-state index contributed by atoms with van der Waals surface area (Å²) in [5.41, 5.74) is -1.11. The first-order chi connectivity index (χ1) is 16.7. The lowest BCUT2D eigenvalue weighted by molar-refractivity contribution is -0.112. The minimum Gasteiger partial charge on any atom is -0.494 e. The summed E-state index contributed by atoms with van der Waals surface area (Å²) in [6, 6.07) is 4.02. The topological polar surface area (TPSA) is 100 Å². The second kappa shape index (κ2) is 11.8. The van der Waals surface area contributed by atoms with Crippen LogP contribution in [0.25, 0.3) is 0 Å². The number of aldehydes is 1. The molecule has 4 N–H and O–H groups in total. The van der Waals surface area contributed by atoms with Crippen molar-refractivity contribution in [1.82, 2.24) is 0 Å². The van der Waals surface area contributed by atoms with E-state index in [1.807, 2.05) is 22.6 Å². The molecule has 192 valence electrons. The summed E-state index contributed by atoms with van der Waals surface area (Å²) in [6.07, 6.45) is 1.69. The Morgan fingerprint density at radius 1 is 1.11 bits per heavy atom. The number of hydrogen-bond acceptors (Lipinski definition) is 7. The molecule has 0 spiro atoms. The molecule has 1 aliphatic rings. The van der Waals surface area contributed by atoms with Crippen LogP contribution in [-0.4, -0.2) is 56.1 Å². The Bertz CT molecular complexity index is 1050. The molecule has 1 aliphatic carbocycles. The minimum absolute atomic E-state index is 0.0832. The highest BCUT2D eigenvalue weighted by atomic mass is 127. The van der Waals surface area contributed by atoms with Crippen LogP contribution in [0.1, 0.15) is 19.3 Å².